The molecular weight excluding hydrogens is 272 g/mol. The van der Waals surface area contributed by atoms with E-state index in [1.807, 2.05) is 49.5 Å². The lowest BCUT2D eigenvalue weighted by molar-refractivity contribution is 0.852. The number of pyridine rings is 1. The summed E-state index contributed by atoms with van der Waals surface area (Å²) in [7, 11) is 0. The molecule has 0 saturated carbocycles. The molecule has 2 aromatic heterocycles. The van der Waals surface area contributed by atoms with Crippen LogP contribution in [0.3, 0.4) is 0 Å². The molecule has 2 heterocycles. The van der Waals surface area contributed by atoms with Crippen molar-refractivity contribution in [2.24, 2.45) is 0 Å². The number of aromatic nitrogens is 3. The molecule has 1 atom stereocenters. The van der Waals surface area contributed by atoms with Crippen LogP contribution in [-0.2, 0) is 0 Å². The Morgan fingerprint density at radius 2 is 2.10 bits per heavy atom. The number of hydrogen-bond donors (Lipinski definition) is 1. The maximum Gasteiger partial charge on any atom is 0.243 e. The van der Waals surface area contributed by atoms with Gasteiger partial charge in [0.1, 0.15) is 0 Å². The number of anilines is 1. The van der Waals surface area contributed by atoms with Gasteiger partial charge in [-0.3, -0.25) is 0 Å². The van der Waals surface area contributed by atoms with Crippen LogP contribution in [0.25, 0.3) is 5.65 Å². The van der Waals surface area contributed by atoms with Gasteiger partial charge in [-0.05, 0) is 49.2 Å². The molecule has 1 unspecified atom stereocenters. The summed E-state index contributed by atoms with van der Waals surface area (Å²) in [5.41, 5.74) is 3.11. The van der Waals surface area contributed by atoms with Crippen molar-refractivity contribution in [2.75, 3.05) is 5.32 Å². The molecule has 0 fully saturated rings. The molecule has 0 aliphatic carbocycles. The van der Waals surface area contributed by atoms with E-state index in [4.69, 9.17) is 11.6 Å². The van der Waals surface area contributed by atoms with Crippen LogP contribution in [0.2, 0.25) is 5.02 Å². The van der Waals surface area contributed by atoms with Crippen LogP contribution < -0.4 is 5.32 Å². The van der Waals surface area contributed by atoms with Crippen molar-refractivity contribution < 1.29 is 0 Å². The fraction of sp³-hybridized carbons (Fsp3) is 0.200. The van der Waals surface area contributed by atoms with Crippen molar-refractivity contribution in [1.82, 2.24) is 14.6 Å². The summed E-state index contributed by atoms with van der Waals surface area (Å²) >= 11 is 6.01. The first kappa shape index (κ1) is 12.9. The zero-order valence-electron chi connectivity index (χ0n) is 11.3. The Hall–Kier alpha value is -2.07. The van der Waals surface area contributed by atoms with Crippen LogP contribution in [-0.4, -0.2) is 14.6 Å². The Bertz CT molecular complexity index is 750. The summed E-state index contributed by atoms with van der Waals surface area (Å²) in [6.07, 6.45) is 1.91. The highest BCUT2D eigenvalue weighted by Gasteiger charge is 2.09. The molecule has 102 valence electrons. The number of halogens is 1. The lowest BCUT2D eigenvalue weighted by Crippen LogP contribution is -2.07. The lowest BCUT2D eigenvalue weighted by atomic mass is 10.1. The minimum atomic E-state index is 0.0900. The highest BCUT2D eigenvalue weighted by molar-refractivity contribution is 6.30. The van der Waals surface area contributed by atoms with Gasteiger partial charge in [-0.1, -0.05) is 23.7 Å². The van der Waals surface area contributed by atoms with E-state index < -0.39 is 0 Å². The Kier molecular flexibility index (Phi) is 3.32. The predicted molar refractivity (Wildman–Crippen MR) is 81.2 cm³/mol. The Morgan fingerprint density at radius 1 is 1.25 bits per heavy atom. The molecule has 0 saturated heterocycles. The number of hydrogen-bond acceptors (Lipinski definition) is 3. The first-order valence-electron chi connectivity index (χ1n) is 6.47. The monoisotopic (exact) mass is 286 g/mol. The molecule has 3 rings (SSSR count). The largest absolute Gasteiger partial charge is 0.346 e. The molecule has 0 radical (unpaired) electrons. The fourth-order valence-corrected chi connectivity index (χ4v) is 2.30. The van der Waals surface area contributed by atoms with Gasteiger partial charge in [0.05, 0.1) is 6.04 Å². The normalized spacial score (nSPS) is 12.6. The smallest absolute Gasteiger partial charge is 0.243 e. The third kappa shape index (κ3) is 2.60. The quantitative estimate of drug-likeness (QED) is 0.795. The second kappa shape index (κ2) is 5.13. The van der Waals surface area contributed by atoms with Gasteiger partial charge in [-0.25, -0.2) is 4.52 Å². The van der Waals surface area contributed by atoms with E-state index >= 15 is 0 Å². The van der Waals surface area contributed by atoms with E-state index in [2.05, 4.69) is 22.3 Å². The first-order chi connectivity index (χ1) is 9.61. The average molecular weight is 287 g/mol. The molecular formula is C15H15ClN4. The van der Waals surface area contributed by atoms with Crippen LogP contribution in [0.15, 0.2) is 42.6 Å². The third-order valence-corrected chi connectivity index (χ3v) is 3.42. The lowest BCUT2D eigenvalue weighted by Gasteiger charge is -2.12. The maximum absolute atomic E-state index is 6.01. The number of nitrogens with zero attached hydrogens (tertiary/aromatic N) is 3. The van der Waals surface area contributed by atoms with Gasteiger partial charge in [0.25, 0.3) is 0 Å². The van der Waals surface area contributed by atoms with Gasteiger partial charge in [0, 0.05) is 11.2 Å². The van der Waals surface area contributed by atoms with Crippen molar-refractivity contribution >= 4 is 23.2 Å². The van der Waals surface area contributed by atoms with Gasteiger partial charge >= 0.3 is 0 Å². The minimum Gasteiger partial charge on any atom is -0.346 e. The molecule has 0 bridgehead atoms. The van der Waals surface area contributed by atoms with Crippen molar-refractivity contribution in [1.29, 1.82) is 0 Å². The van der Waals surface area contributed by atoms with Gasteiger partial charge in [0.15, 0.2) is 5.65 Å². The number of nitrogens with one attached hydrogen (secondary N) is 1. The van der Waals surface area contributed by atoms with Gasteiger partial charge < -0.3 is 5.32 Å². The number of aryl methyl sites for hydroxylation is 1. The van der Waals surface area contributed by atoms with Crippen LogP contribution in [0.1, 0.15) is 24.1 Å². The summed E-state index contributed by atoms with van der Waals surface area (Å²) in [6, 6.07) is 11.9. The summed E-state index contributed by atoms with van der Waals surface area (Å²) in [5, 5.41) is 8.43. The van der Waals surface area contributed by atoms with Gasteiger partial charge in [0.2, 0.25) is 5.95 Å². The van der Waals surface area contributed by atoms with Crippen molar-refractivity contribution in [2.45, 2.75) is 19.9 Å². The van der Waals surface area contributed by atoms with E-state index in [0.717, 1.165) is 16.2 Å². The highest BCUT2D eigenvalue weighted by atomic mass is 35.5. The topological polar surface area (TPSA) is 42.2 Å². The van der Waals surface area contributed by atoms with Crippen molar-refractivity contribution in [3.63, 3.8) is 0 Å². The zero-order chi connectivity index (χ0) is 14.1. The van der Waals surface area contributed by atoms with Crippen LogP contribution in [0.4, 0.5) is 5.95 Å². The Morgan fingerprint density at radius 3 is 2.90 bits per heavy atom. The molecule has 0 amide bonds. The second-order valence-electron chi connectivity index (χ2n) is 4.86. The van der Waals surface area contributed by atoms with E-state index in [1.54, 1.807) is 4.52 Å². The maximum atomic E-state index is 6.01. The Balaban J connectivity index is 1.85. The molecule has 0 aliphatic heterocycles. The molecule has 20 heavy (non-hydrogen) atoms. The molecule has 1 aromatic carbocycles. The fourth-order valence-electron chi connectivity index (χ4n) is 2.10. The van der Waals surface area contributed by atoms with E-state index in [-0.39, 0.29) is 6.04 Å². The van der Waals surface area contributed by atoms with Gasteiger partial charge in [-0.2, -0.15) is 4.98 Å². The van der Waals surface area contributed by atoms with Crippen LogP contribution >= 0.6 is 11.6 Å². The average Bonchev–Trinajstić information content (AvgIpc) is 2.80. The van der Waals surface area contributed by atoms with E-state index in [9.17, 15) is 0 Å². The van der Waals surface area contributed by atoms with Gasteiger partial charge in [-0.15, -0.1) is 5.10 Å². The van der Waals surface area contributed by atoms with E-state index in [0.29, 0.717) is 5.95 Å². The molecule has 3 aromatic rings. The second-order valence-corrected chi connectivity index (χ2v) is 5.30. The molecule has 0 spiro atoms. The van der Waals surface area contributed by atoms with E-state index in [1.165, 1.54) is 5.56 Å². The molecule has 5 heteroatoms. The number of fused-ring (bicyclic) bond motifs is 1. The molecule has 1 N–H and O–H groups in total. The molecule has 0 aliphatic rings. The zero-order valence-corrected chi connectivity index (χ0v) is 12.1. The van der Waals surface area contributed by atoms with Crippen molar-refractivity contribution in [3.8, 4) is 0 Å². The summed E-state index contributed by atoms with van der Waals surface area (Å²) in [4.78, 5) is 4.47. The van der Waals surface area contributed by atoms with Crippen LogP contribution in [0.5, 0.6) is 0 Å². The third-order valence-electron chi connectivity index (χ3n) is 3.19. The predicted octanol–water partition coefficient (Wildman–Crippen LogP) is 3.86. The summed E-state index contributed by atoms with van der Waals surface area (Å²) in [6.45, 7) is 4.10. The first-order valence-corrected chi connectivity index (χ1v) is 6.84. The van der Waals surface area contributed by atoms with Crippen LogP contribution in [0, 0.1) is 6.92 Å². The van der Waals surface area contributed by atoms with Crippen molar-refractivity contribution in [3.05, 3.63) is 58.7 Å². The minimum absolute atomic E-state index is 0.0900. The standard InChI is InChI=1S/C15H15ClN4/c1-10-6-7-20-14(8-10)18-15(19-20)17-11(2)12-4-3-5-13(16)9-12/h3-9,11H,1-2H3,(H,17,19). The SMILES string of the molecule is Cc1ccn2nc(NC(C)c3cccc(Cl)c3)nc2c1. The molecule has 4 nitrogen and oxygen atoms in total. The summed E-state index contributed by atoms with van der Waals surface area (Å²) in [5.74, 6) is 0.614. The summed E-state index contributed by atoms with van der Waals surface area (Å²) < 4.78 is 1.76. The Labute approximate surface area is 122 Å². The number of rotatable bonds is 3. The number of benzene rings is 1. The highest BCUT2D eigenvalue weighted by Crippen LogP contribution is 2.20.